The van der Waals surface area contributed by atoms with Gasteiger partial charge >= 0.3 is 5.97 Å². The van der Waals surface area contributed by atoms with E-state index in [0.717, 1.165) is 42.5 Å². The maximum absolute atomic E-state index is 14.7. The van der Waals surface area contributed by atoms with Gasteiger partial charge in [0.2, 0.25) is 11.6 Å². The summed E-state index contributed by atoms with van der Waals surface area (Å²) in [6.45, 7) is 2.05. The van der Waals surface area contributed by atoms with Gasteiger partial charge in [0.25, 0.3) is 0 Å². The standard InChI is InChI=1S/C30H18F10O2/c1-2-3-4-13-5-7-14(8-6-13)15-9-11-16(12-10-15)30(41)42-29(17-19(31)23(35)27(39)24(36)20(17)32)18-21(33)25(37)28(40)26(38)22(18)34/h5-12,29H,2-4H2,1H3. The van der Waals surface area contributed by atoms with Crippen molar-refractivity contribution in [2.45, 2.75) is 32.3 Å². The van der Waals surface area contributed by atoms with Crippen LogP contribution in [0.25, 0.3) is 11.1 Å². The maximum atomic E-state index is 14.7. The Bertz CT molecular complexity index is 1520. The largest absolute Gasteiger partial charge is 0.448 e. The molecule has 0 aliphatic heterocycles. The van der Waals surface area contributed by atoms with Crippen LogP contribution in [-0.4, -0.2) is 5.97 Å². The molecule has 4 aromatic rings. The van der Waals surface area contributed by atoms with E-state index in [1.54, 1.807) is 12.1 Å². The SMILES string of the molecule is CCCCc1ccc(-c2ccc(C(=O)OC(c3c(F)c(F)c(F)c(F)c3F)c3c(F)c(F)c(F)c(F)c3F)cc2)cc1. The minimum Gasteiger partial charge on any atom is -0.448 e. The molecule has 220 valence electrons. The quantitative estimate of drug-likeness (QED) is 0.0874. The van der Waals surface area contributed by atoms with Crippen LogP contribution in [0.4, 0.5) is 43.9 Å². The summed E-state index contributed by atoms with van der Waals surface area (Å²) in [5, 5.41) is 0. The number of rotatable bonds is 8. The summed E-state index contributed by atoms with van der Waals surface area (Å²) in [6, 6.07) is 12.4. The number of hydrogen-bond acceptors (Lipinski definition) is 2. The number of halogens is 10. The molecule has 4 rings (SSSR count). The van der Waals surface area contributed by atoms with Gasteiger partial charge in [0.15, 0.2) is 52.6 Å². The number of aryl methyl sites for hydroxylation is 1. The number of esters is 1. The lowest BCUT2D eigenvalue weighted by molar-refractivity contribution is 0.0345. The normalized spacial score (nSPS) is 11.3. The molecule has 0 aliphatic rings. The highest BCUT2D eigenvalue weighted by Gasteiger charge is 2.39. The van der Waals surface area contributed by atoms with Gasteiger partial charge in [0.1, 0.15) is 0 Å². The molecule has 0 aliphatic carbocycles. The molecule has 0 saturated carbocycles. The predicted octanol–water partition coefficient (Wildman–Crippen LogP) is 9.03. The highest BCUT2D eigenvalue weighted by atomic mass is 19.2. The van der Waals surface area contributed by atoms with Gasteiger partial charge in [-0.05, 0) is 41.7 Å². The molecule has 0 aromatic heterocycles. The molecule has 0 bridgehead atoms. The Hall–Kier alpha value is -4.35. The van der Waals surface area contributed by atoms with Crippen molar-refractivity contribution in [2.75, 3.05) is 0 Å². The molecule has 0 amide bonds. The van der Waals surface area contributed by atoms with E-state index in [1.165, 1.54) is 12.1 Å². The van der Waals surface area contributed by atoms with Gasteiger partial charge in [-0.3, -0.25) is 0 Å². The van der Waals surface area contributed by atoms with Gasteiger partial charge in [0.05, 0.1) is 16.7 Å². The molecule has 0 radical (unpaired) electrons. The van der Waals surface area contributed by atoms with Crippen molar-refractivity contribution in [2.24, 2.45) is 0 Å². The second kappa shape index (κ2) is 12.3. The third-order valence-corrected chi connectivity index (χ3v) is 6.46. The van der Waals surface area contributed by atoms with E-state index >= 15 is 0 Å². The Morgan fingerprint density at radius 2 is 0.929 bits per heavy atom. The predicted molar refractivity (Wildman–Crippen MR) is 130 cm³/mol. The Morgan fingerprint density at radius 3 is 1.31 bits per heavy atom. The van der Waals surface area contributed by atoms with Crippen LogP contribution in [0.15, 0.2) is 48.5 Å². The summed E-state index contributed by atoms with van der Waals surface area (Å²) in [4.78, 5) is 12.9. The van der Waals surface area contributed by atoms with E-state index in [9.17, 15) is 48.7 Å². The first-order chi connectivity index (χ1) is 19.9. The van der Waals surface area contributed by atoms with E-state index in [2.05, 4.69) is 6.92 Å². The molecule has 0 heterocycles. The molecule has 2 nitrogen and oxygen atoms in total. The fraction of sp³-hybridized carbons (Fsp3) is 0.167. The minimum absolute atomic E-state index is 0.448. The highest BCUT2D eigenvalue weighted by molar-refractivity contribution is 5.90. The van der Waals surface area contributed by atoms with E-state index in [0.29, 0.717) is 5.56 Å². The number of carbonyl (C=O) groups excluding carboxylic acids is 1. The lowest BCUT2D eigenvalue weighted by atomic mass is 9.97. The van der Waals surface area contributed by atoms with Crippen LogP contribution in [0.5, 0.6) is 0 Å². The zero-order chi connectivity index (χ0) is 30.9. The van der Waals surface area contributed by atoms with Crippen molar-refractivity contribution in [3.05, 3.63) is 129 Å². The average molecular weight is 600 g/mol. The second-order valence-electron chi connectivity index (χ2n) is 9.13. The van der Waals surface area contributed by atoms with Crippen LogP contribution in [0.2, 0.25) is 0 Å². The van der Waals surface area contributed by atoms with Gasteiger partial charge < -0.3 is 4.74 Å². The fourth-order valence-electron chi connectivity index (χ4n) is 4.18. The fourth-order valence-corrected chi connectivity index (χ4v) is 4.18. The van der Waals surface area contributed by atoms with Crippen LogP contribution >= 0.6 is 0 Å². The van der Waals surface area contributed by atoms with Crippen LogP contribution in [0.3, 0.4) is 0 Å². The summed E-state index contributed by atoms with van der Waals surface area (Å²) >= 11 is 0. The lowest BCUT2D eigenvalue weighted by Gasteiger charge is -2.22. The van der Waals surface area contributed by atoms with Crippen LogP contribution in [0.1, 0.15) is 52.9 Å². The summed E-state index contributed by atoms with van der Waals surface area (Å²) in [5.74, 6) is -28.3. The highest BCUT2D eigenvalue weighted by Crippen LogP contribution is 2.39. The first-order valence-electron chi connectivity index (χ1n) is 12.3. The number of ether oxygens (including phenoxy) is 1. The van der Waals surface area contributed by atoms with Gasteiger partial charge in [-0.2, -0.15) is 0 Å². The first-order valence-corrected chi connectivity index (χ1v) is 12.3. The van der Waals surface area contributed by atoms with E-state index < -0.39 is 86.9 Å². The first kappa shape index (κ1) is 30.6. The average Bonchev–Trinajstić information content (AvgIpc) is 3.00. The van der Waals surface area contributed by atoms with Crippen molar-refractivity contribution >= 4 is 5.97 Å². The second-order valence-corrected chi connectivity index (χ2v) is 9.13. The van der Waals surface area contributed by atoms with Crippen molar-refractivity contribution in [1.29, 1.82) is 0 Å². The van der Waals surface area contributed by atoms with E-state index in [-0.39, 0.29) is 0 Å². The number of benzene rings is 4. The van der Waals surface area contributed by atoms with Gasteiger partial charge in [0, 0.05) is 0 Å². The van der Waals surface area contributed by atoms with Gasteiger partial charge in [-0.1, -0.05) is 49.7 Å². The summed E-state index contributed by atoms with van der Waals surface area (Å²) < 4.78 is 146. The molecule has 12 heteroatoms. The monoisotopic (exact) mass is 600 g/mol. The third-order valence-electron chi connectivity index (χ3n) is 6.46. The molecule has 42 heavy (non-hydrogen) atoms. The smallest absolute Gasteiger partial charge is 0.339 e. The Balaban J connectivity index is 1.76. The molecular formula is C30H18F10O2. The summed E-state index contributed by atoms with van der Waals surface area (Å²) in [6.07, 6.45) is -0.418. The molecule has 4 aromatic carbocycles. The number of carbonyl (C=O) groups is 1. The third kappa shape index (κ3) is 5.57. The molecule has 0 unspecified atom stereocenters. The lowest BCUT2D eigenvalue weighted by Crippen LogP contribution is -2.22. The Morgan fingerprint density at radius 1 is 0.571 bits per heavy atom. The zero-order valence-corrected chi connectivity index (χ0v) is 21.4. The molecular weight excluding hydrogens is 582 g/mol. The Labute approximate surface area is 232 Å². The maximum Gasteiger partial charge on any atom is 0.339 e. The zero-order valence-electron chi connectivity index (χ0n) is 21.4. The Kier molecular flexibility index (Phi) is 8.93. The van der Waals surface area contributed by atoms with Crippen LogP contribution < -0.4 is 0 Å². The summed E-state index contributed by atoms with van der Waals surface area (Å²) in [5.41, 5.74) is -2.37. The number of hydrogen-bond donors (Lipinski definition) is 0. The molecule has 0 fully saturated rings. The number of unbranched alkanes of at least 4 members (excludes halogenated alkanes) is 1. The molecule has 0 atom stereocenters. The van der Waals surface area contributed by atoms with Crippen molar-refractivity contribution in [3.63, 3.8) is 0 Å². The molecule has 0 saturated heterocycles. The summed E-state index contributed by atoms with van der Waals surface area (Å²) in [7, 11) is 0. The van der Waals surface area contributed by atoms with Crippen molar-refractivity contribution in [1.82, 2.24) is 0 Å². The van der Waals surface area contributed by atoms with Gasteiger partial charge in [-0.15, -0.1) is 0 Å². The van der Waals surface area contributed by atoms with Gasteiger partial charge in [-0.25, -0.2) is 48.7 Å². The van der Waals surface area contributed by atoms with Crippen LogP contribution in [-0.2, 0) is 11.2 Å². The molecule has 0 spiro atoms. The van der Waals surface area contributed by atoms with Crippen molar-refractivity contribution < 1.29 is 53.4 Å². The minimum atomic E-state index is -3.29. The topological polar surface area (TPSA) is 26.3 Å². The van der Waals surface area contributed by atoms with E-state index in [4.69, 9.17) is 4.74 Å². The van der Waals surface area contributed by atoms with Crippen molar-refractivity contribution in [3.8, 4) is 11.1 Å². The van der Waals surface area contributed by atoms with Crippen LogP contribution in [0, 0.1) is 58.2 Å². The molecule has 0 N–H and O–H groups in total. The van der Waals surface area contributed by atoms with E-state index in [1.807, 2.05) is 12.1 Å².